The fourth-order valence-electron chi connectivity index (χ4n) is 1.86. The van der Waals surface area contributed by atoms with Gasteiger partial charge in [0, 0.05) is 6.04 Å². The SMILES string of the molecule is CCCC(N)CC(C)c1ccccc1. The lowest BCUT2D eigenvalue weighted by Crippen LogP contribution is -2.21. The molecule has 0 bridgehead atoms. The molecular weight excluding hydrogens is 170 g/mol. The molecule has 0 spiro atoms. The van der Waals surface area contributed by atoms with Gasteiger partial charge in [-0.25, -0.2) is 0 Å². The molecule has 0 aromatic heterocycles. The molecule has 0 fully saturated rings. The van der Waals surface area contributed by atoms with Crippen molar-refractivity contribution < 1.29 is 0 Å². The molecule has 1 aromatic rings. The van der Waals surface area contributed by atoms with Crippen molar-refractivity contribution in [2.24, 2.45) is 5.73 Å². The van der Waals surface area contributed by atoms with Gasteiger partial charge in [-0.05, 0) is 24.3 Å². The van der Waals surface area contributed by atoms with Gasteiger partial charge in [-0.2, -0.15) is 0 Å². The van der Waals surface area contributed by atoms with Gasteiger partial charge in [0.1, 0.15) is 0 Å². The zero-order chi connectivity index (χ0) is 10.4. The van der Waals surface area contributed by atoms with E-state index in [9.17, 15) is 0 Å². The minimum Gasteiger partial charge on any atom is -0.328 e. The van der Waals surface area contributed by atoms with Crippen molar-refractivity contribution in [3.63, 3.8) is 0 Å². The van der Waals surface area contributed by atoms with Crippen LogP contribution in [0.25, 0.3) is 0 Å². The molecule has 0 radical (unpaired) electrons. The Balaban J connectivity index is 2.46. The van der Waals surface area contributed by atoms with Crippen LogP contribution in [0.4, 0.5) is 0 Å². The van der Waals surface area contributed by atoms with E-state index >= 15 is 0 Å². The monoisotopic (exact) mass is 191 g/mol. The Morgan fingerprint density at radius 1 is 1.21 bits per heavy atom. The Labute approximate surface area is 87.3 Å². The normalized spacial score (nSPS) is 15.1. The summed E-state index contributed by atoms with van der Waals surface area (Å²) in [5.74, 6) is 0.581. The average Bonchev–Trinajstić information content (AvgIpc) is 2.19. The smallest absolute Gasteiger partial charge is 0.00444 e. The Bertz CT molecular complexity index is 243. The highest BCUT2D eigenvalue weighted by Crippen LogP contribution is 2.20. The summed E-state index contributed by atoms with van der Waals surface area (Å²) >= 11 is 0. The van der Waals surface area contributed by atoms with Gasteiger partial charge in [0.15, 0.2) is 0 Å². The molecular formula is C13H21N. The van der Waals surface area contributed by atoms with E-state index in [0.29, 0.717) is 12.0 Å². The second kappa shape index (κ2) is 5.82. The van der Waals surface area contributed by atoms with E-state index in [0.717, 1.165) is 12.8 Å². The average molecular weight is 191 g/mol. The summed E-state index contributed by atoms with van der Waals surface area (Å²) in [6.07, 6.45) is 3.41. The molecule has 0 amide bonds. The highest BCUT2D eigenvalue weighted by Gasteiger charge is 2.09. The van der Waals surface area contributed by atoms with E-state index in [4.69, 9.17) is 5.73 Å². The molecule has 0 aliphatic rings. The van der Waals surface area contributed by atoms with Gasteiger partial charge in [0.25, 0.3) is 0 Å². The fourth-order valence-corrected chi connectivity index (χ4v) is 1.86. The minimum absolute atomic E-state index is 0.357. The van der Waals surface area contributed by atoms with Gasteiger partial charge in [-0.15, -0.1) is 0 Å². The predicted octanol–water partition coefficient (Wildman–Crippen LogP) is 3.31. The molecule has 2 N–H and O–H groups in total. The summed E-state index contributed by atoms with van der Waals surface area (Å²) in [7, 11) is 0. The minimum atomic E-state index is 0.357. The molecule has 1 nitrogen and oxygen atoms in total. The van der Waals surface area contributed by atoms with Crippen molar-refractivity contribution in [1.82, 2.24) is 0 Å². The van der Waals surface area contributed by atoms with Crippen LogP contribution < -0.4 is 5.73 Å². The third kappa shape index (κ3) is 3.51. The molecule has 2 atom stereocenters. The van der Waals surface area contributed by atoms with Crippen molar-refractivity contribution in [3.8, 4) is 0 Å². The number of nitrogens with two attached hydrogens (primary N) is 1. The molecule has 0 aliphatic carbocycles. The third-order valence-electron chi connectivity index (χ3n) is 2.68. The van der Waals surface area contributed by atoms with Crippen LogP contribution in [0, 0.1) is 0 Å². The zero-order valence-electron chi connectivity index (χ0n) is 9.24. The van der Waals surface area contributed by atoms with Gasteiger partial charge in [0.2, 0.25) is 0 Å². The third-order valence-corrected chi connectivity index (χ3v) is 2.68. The van der Waals surface area contributed by atoms with Crippen LogP contribution >= 0.6 is 0 Å². The standard InChI is InChI=1S/C13H21N/c1-3-7-13(14)10-11(2)12-8-5-4-6-9-12/h4-6,8-9,11,13H,3,7,10,14H2,1-2H3. The highest BCUT2D eigenvalue weighted by atomic mass is 14.6. The van der Waals surface area contributed by atoms with Crippen LogP contribution in [-0.2, 0) is 0 Å². The zero-order valence-corrected chi connectivity index (χ0v) is 9.24. The van der Waals surface area contributed by atoms with Gasteiger partial charge < -0.3 is 5.73 Å². The van der Waals surface area contributed by atoms with E-state index in [1.165, 1.54) is 12.0 Å². The lowest BCUT2D eigenvalue weighted by Gasteiger charge is -2.16. The number of benzene rings is 1. The van der Waals surface area contributed by atoms with Crippen LogP contribution in [0.3, 0.4) is 0 Å². The van der Waals surface area contributed by atoms with Crippen LogP contribution in [0.2, 0.25) is 0 Å². The largest absolute Gasteiger partial charge is 0.328 e. The molecule has 0 saturated heterocycles. The summed E-state index contributed by atoms with van der Waals surface area (Å²) in [5, 5.41) is 0. The summed E-state index contributed by atoms with van der Waals surface area (Å²) in [6, 6.07) is 11.0. The van der Waals surface area contributed by atoms with Crippen molar-refractivity contribution in [2.45, 2.75) is 45.1 Å². The molecule has 1 rings (SSSR count). The number of hydrogen-bond acceptors (Lipinski definition) is 1. The Morgan fingerprint density at radius 3 is 2.43 bits per heavy atom. The van der Waals surface area contributed by atoms with Crippen molar-refractivity contribution in [3.05, 3.63) is 35.9 Å². The van der Waals surface area contributed by atoms with Crippen LogP contribution in [0.5, 0.6) is 0 Å². The predicted molar refractivity (Wildman–Crippen MR) is 62.4 cm³/mol. The molecule has 0 heterocycles. The topological polar surface area (TPSA) is 26.0 Å². The first-order valence-corrected chi connectivity index (χ1v) is 5.54. The quantitative estimate of drug-likeness (QED) is 0.759. The lowest BCUT2D eigenvalue weighted by atomic mass is 9.93. The highest BCUT2D eigenvalue weighted by molar-refractivity contribution is 5.18. The van der Waals surface area contributed by atoms with Crippen LogP contribution in [-0.4, -0.2) is 6.04 Å². The van der Waals surface area contributed by atoms with E-state index in [1.807, 2.05) is 0 Å². The van der Waals surface area contributed by atoms with Crippen molar-refractivity contribution in [1.29, 1.82) is 0 Å². The first-order valence-electron chi connectivity index (χ1n) is 5.54. The van der Waals surface area contributed by atoms with E-state index in [1.54, 1.807) is 0 Å². The summed E-state index contributed by atoms with van der Waals surface area (Å²) in [6.45, 7) is 4.44. The number of hydrogen-bond donors (Lipinski definition) is 1. The first-order chi connectivity index (χ1) is 6.74. The fraction of sp³-hybridized carbons (Fsp3) is 0.538. The molecule has 1 heteroatoms. The Hall–Kier alpha value is -0.820. The van der Waals surface area contributed by atoms with Gasteiger partial charge >= 0.3 is 0 Å². The maximum atomic E-state index is 6.02. The van der Waals surface area contributed by atoms with Crippen LogP contribution in [0.1, 0.15) is 44.6 Å². The summed E-state index contributed by atoms with van der Waals surface area (Å²) in [4.78, 5) is 0. The maximum Gasteiger partial charge on any atom is 0.00444 e. The second-order valence-electron chi connectivity index (χ2n) is 4.10. The molecule has 0 aliphatic heterocycles. The van der Waals surface area contributed by atoms with E-state index < -0.39 is 0 Å². The molecule has 78 valence electrons. The molecule has 0 saturated carbocycles. The van der Waals surface area contributed by atoms with Crippen molar-refractivity contribution in [2.75, 3.05) is 0 Å². The van der Waals surface area contributed by atoms with Gasteiger partial charge in [-0.3, -0.25) is 0 Å². The maximum absolute atomic E-state index is 6.02. The van der Waals surface area contributed by atoms with Gasteiger partial charge in [-0.1, -0.05) is 50.6 Å². The van der Waals surface area contributed by atoms with Gasteiger partial charge in [0.05, 0.1) is 0 Å². The Morgan fingerprint density at radius 2 is 1.86 bits per heavy atom. The first kappa shape index (κ1) is 11.3. The molecule has 1 aromatic carbocycles. The van der Waals surface area contributed by atoms with Crippen molar-refractivity contribution >= 4 is 0 Å². The second-order valence-corrected chi connectivity index (χ2v) is 4.10. The number of rotatable bonds is 5. The summed E-state index contributed by atoms with van der Waals surface area (Å²) < 4.78 is 0. The molecule has 2 unspecified atom stereocenters. The molecule has 14 heavy (non-hydrogen) atoms. The lowest BCUT2D eigenvalue weighted by molar-refractivity contribution is 0.515. The summed E-state index contributed by atoms with van der Waals surface area (Å²) in [5.41, 5.74) is 7.42. The van der Waals surface area contributed by atoms with Crippen LogP contribution in [0.15, 0.2) is 30.3 Å². The van der Waals surface area contributed by atoms with E-state index in [-0.39, 0.29) is 0 Å². The van der Waals surface area contributed by atoms with E-state index in [2.05, 4.69) is 44.2 Å². The Kier molecular flexibility index (Phi) is 4.68.